The zero-order chi connectivity index (χ0) is 51.9. The Labute approximate surface area is 449 Å². The highest BCUT2D eigenvalue weighted by Gasteiger charge is 2.37. The second-order valence-corrected chi connectivity index (χ2v) is 18.7. The topological polar surface area (TPSA) is 43.4 Å². The molecule has 0 radical (unpaired) electrons. The van der Waals surface area contributed by atoms with Gasteiger partial charge < -0.3 is 4.74 Å². The molecule has 0 amide bonds. The molecule has 77 heavy (non-hydrogen) atoms. The fraction of sp³-hybridized carbons (Fsp3) is 0. The second-order valence-electron chi connectivity index (χ2n) is 18.7. The molecule has 0 spiro atoms. The van der Waals surface area contributed by atoms with Gasteiger partial charge in [0.1, 0.15) is 11.5 Å². The molecule has 3 nitrogen and oxygen atoms in total. The van der Waals surface area contributed by atoms with Crippen LogP contribution in [-0.4, -0.2) is 11.6 Å². The van der Waals surface area contributed by atoms with Gasteiger partial charge in [0.05, 0.1) is 0 Å². The van der Waals surface area contributed by atoms with Gasteiger partial charge in [-0.15, -0.1) is 0 Å². The van der Waals surface area contributed by atoms with Crippen molar-refractivity contribution in [3.05, 3.63) is 346 Å². The highest BCUT2D eigenvalue weighted by Crippen LogP contribution is 2.52. The molecule has 0 N–H and O–H groups in total. The molecule has 2 aliphatic carbocycles. The number of benzene rings is 10. The number of hydrogen-bond acceptors (Lipinski definition) is 3. The van der Waals surface area contributed by atoms with E-state index in [1.54, 1.807) is 0 Å². The maximum Gasteiger partial charge on any atom is 0.195 e. The molecule has 3 heteroatoms. The summed E-state index contributed by atoms with van der Waals surface area (Å²) in [6, 6.07) is 91.9. The van der Waals surface area contributed by atoms with Gasteiger partial charge in [-0.3, -0.25) is 9.59 Å². The minimum Gasteiger partial charge on any atom is -0.457 e. The van der Waals surface area contributed by atoms with E-state index in [4.69, 9.17) is 4.74 Å². The highest BCUT2D eigenvalue weighted by molar-refractivity contribution is 6.60. The summed E-state index contributed by atoms with van der Waals surface area (Å²) in [5.74, 6) is 14.3. The van der Waals surface area contributed by atoms with E-state index >= 15 is 9.59 Å². The van der Waals surface area contributed by atoms with Crippen LogP contribution in [0.2, 0.25) is 0 Å². The van der Waals surface area contributed by atoms with Gasteiger partial charge in [-0.25, -0.2) is 0 Å². The fourth-order valence-electron chi connectivity index (χ4n) is 10.2. The zero-order valence-electron chi connectivity index (χ0n) is 41.8. The first-order chi connectivity index (χ1) is 38.0. The van der Waals surface area contributed by atoms with Crippen molar-refractivity contribution in [3.8, 4) is 35.2 Å². The Hall–Kier alpha value is -10.6. The third-order valence-electron chi connectivity index (χ3n) is 13.8. The molecule has 0 atom stereocenters. The smallest absolute Gasteiger partial charge is 0.195 e. The second kappa shape index (κ2) is 21.5. The largest absolute Gasteiger partial charge is 0.457 e. The van der Waals surface area contributed by atoms with Crippen molar-refractivity contribution < 1.29 is 14.3 Å². The minimum atomic E-state index is -0.0397. The van der Waals surface area contributed by atoms with E-state index in [9.17, 15) is 0 Å². The maximum atomic E-state index is 15.1. The van der Waals surface area contributed by atoms with E-state index in [1.807, 2.05) is 255 Å². The Bertz CT molecular complexity index is 3820. The Morgan fingerprint density at radius 1 is 0.195 bits per heavy atom. The molecule has 2 aliphatic rings. The number of carbonyl (C=O) groups excluding carboxylic acids is 2. The van der Waals surface area contributed by atoms with E-state index in [0.717, 1.165) is 89.1 Å². The average molecular weight is 983 g/mol. The summed E-state index contributed by atoms with van der Waals surface area (Å²) in [7, 11) is 0. The van der Waals surface area contributed by atoms with Crippen molar-refractivity contribution in [2.45, 2.75) is 0 Å². The molecule has 0 fully saturated rings. The molecule has 0 aliphatic heterocycles. The van der Waals surface area contributed by atoms with Gasteiger partial charge in [-0.1, -0.05) is 230 Å². The van der Waals surface area contributed by atoms with Crippen LogP contribution in [-0.2, 0) is 9.59 Å². The molecule has 0 saturated carbocycles. The van der Waals surface area contributed by atoms with Crippen molar-refractivity contribution in [2.24, 2.45) is 0 Å². The molecule has 12 rings (SSSR count). The lowest BCUT2D eigenvalue weighted by molar-refractivity contribution is -0.109. The number of hydrogen-bond donors (Lipinski definition) is 0. The van der Waals surface area contributed by atoms with Crippen molar-refractivity contribution in [3.63, 3.8) is 0 Å². The molecule has 360 valence electrons. The van der Waals surface area contributed by atoms with Gasteiger partial charge >= 0.3 is 0 Å². The molecule has 0 heterocycles. The van der Waals surface area contributed by atoms with E-state index < -0.39 is 0 Å². The van der Waals surface area contributed by atoms with Gasteiger partial charge in [0.15, 0.2) is 11.6 Å². The lowest BCUT2D eigenvalue weighted by Gasteiger charge is -2.15. The van der Waals surface area contributed by atoms with Gasteiger partial charge in [-0.05, 0) is 117 Å². The van der Waals surface area contributed by atoms with Crippen LogP contribution in [0.1, 0.15) is 66.8 Å². The minimum absolute atomic E-state index is 0.0397. The predicted molar refractivity (Wildman–Crippen MR) is 314 cm³/mol. The standard InChI is InChI=1S/C74H46O3/c75-73-69(57-27-15-5-16-28-57)65(55-23-11-3-12-24-55)67(71(73)61-39-35-53(36-40-61)33-31-51-19-7-1-8-20-51)59-43-47-63(48-44-59)77-64-49-45-60(46-50-64)68-66(56-25-13-4-14-26-56)70(58-29-17-6-18-30-58)74(76)72(68)62-41-37-54(38-42-62)34-32-52-21-9-2-10-22-52/h1-30,35-50H. The summed E-state index contributed by atoms with van der Waals surface area (Å²) in [5.41, 5.74) is 16.6. The van der Waals surface area contributed by atoms with Gasteiger partial charge in [0.25, 0.3) is 0 Å². The van der Waals surface area contributed by atoms with Gasteiger partial charge in [0.2, 0.25) is 0 Å². The lowest BCUT2D eigenvalue weighted by atomic mass is 9.89. The van der Waals surface area contributed by atoms with Crippen LogP contribution < -0.4 is 4.74 Å². The normalized spacial score (nSPS) is 13.1. The lowest BCUT2D eigenvalue weighted by Crippen LogP contribution is -2.02. The Kier molecular flexibility index (Phi) is 13.2. The number of rotatable bonds is 10. The summed E-state index contributed by atoms with van der Waals surface area (Å²) in [5, 5.41) is 0. The first-order valence-electron chi connectivity index (χ1n) is 25.6. The molecule has 10 aromatic carbocycles. The van der Waals surface area contributed by atoms with Crippen molar-refractivity contribution in [1.82, 2.24) is 0 Å². The number of allylic oxidation sites excluding steroid dienone is 8. The maximum absolute atomic E-state index is 15.1. The van der Waals surface area contributed by atoms with Crippen LogP contribution in [0.15, 0.2) is 279 Å². The Morgan fingerprint density at radius 2 is 0.390 bits per heavy atom. The first-order valence-corrected chi connectivity index (χ1v) is 25.6. The highest BCUT2D eigenvalue weighted by atomic mass is 16.5. The number of ketones is 2. The van der Waals surface area contributed by atoms with E-state index in [-0.39, 0.29) is 11.6 Å². The monoisotopic (exact) mass is 982 g/mol. The quantitative estimate of drug-likeness (QED) is 0.128. The Morgan fingerprint density at radius 3 is 0.662 bits per heavy atom. The number of carbonyl (C=O) groups is 2. The third kappa shape index (κ3) is 9.85. The summed E-state index contributed by atoms with van der Waals surface area (Å²) >= 11 is 0. The first kappa shape index (κ1) is 47.4. The van der Waals surface area contributed by atoms with E-state index in [2.05, 4.69) is 47.9 Å². The Balaban J connectivity index is 0.908. The number of ether oxygens (including phenoxy) is 1. The van der Waals surface area contributed by atoms with Gasteiger partial charge in [0, 0.05) is 66.8 Å². The summed E-state index contributed by atoms with van der Waals surface area (Å²) in [6.45, 7) is 0. The summed E-state index contributed by atoms with van der Waals surface area (Å²) < 4.78 is 6.60. The van der Waals surface area contributed by atoms with Crippen LogP contribution in [0.25, 0.3) is 44.6 Å². The van der Waals surface area contributed by atoms with Gasteiger partial charge in [-0.2, -0.15) is 0 Å². The van der Waals surface area contributed by atoms with Crippen LogP contribution in [0, 0.1) is 23.7 Å². The number of Topliss-reactive ketones (excluding diaryl/α,β-unsaturated/α-hetero) is 2. The van der Waals surface area contributed by atoms with Crippen LogP contribution >= 0.6 is 0 Å². The van der Waals surface area contributed by atoms with E-state index in [0.29, 0.717) is 33.8 Å². The molecular formula is C74H46O3. The van der Waals surface area contributed by atoms with Crippen molar-refractivity contribution in [1.29, 1.82) is 0 Å². The average Bonchev–Trinajstić information content (AvgIpc) is 4.17. The van der Waals surface area contributed by atoms with Crippen LogP contribution in [0.3, 0.4) is 0 Å². The zero-order valence-corrected chi connectivity index (χ0v) is 41.8. The van der Waals surface area contributed by atoms with Crippen LogP contribution in [0.5, 0.6) is 11.5 Å². The van der Waals surface area contributed by atoms with Crippen molar-refractivity contribution >= 4 is 56.2 Å². The van der Waals surface area contributed by atoms with E-state index in [1.165, 1.54) is 0 Å². The third-order valence-corrected chi connectivity index (χ3v) is 13.8. The fourth-order valence-corrected chi connectivity index (χ4v) is 10.2. The molecule has 0 saturated heterocycles. The molecule has 0 aromatic heterocycles. The molecule has 0 bridgehead atoms. The molecule has 10 aromatic rings. The predicted octanol–water partition coefficient (Wildman–Crippen LogP) is 16.5. The summed E-state index contributed by atoms with van der Waals surface area (Å²) in [6.07, 6.45) is 0. The molecule has 0 unspecified atom stereocenters. The van der Waals surface area contributed by atoms with Crippen LogP contribution in [0.4, 0.5) is 0 Å². The summed E-state index contributed by atoms with van der Waals surface area (Å²) in [4.78, 5) is 30.2. The van der Waals surface area contributed by atoms with Crippen molar-refractivity contribution in [2.75, 3.05) is 0 Å². The SMILES string of the molecule is O=C1C(c2ccccc2)=C(c2ccccc2)C(c2ccc(Oc3ccc(C4=C(c5ccc(C#Cc6ccccc6)cc5)C(=O)C(c5ccccc5)=C4c4ccccc4)cc3)cc2)=C1c1ccc(C#Cc2ccccc2)cc1. The molecular weight excluding hydrogens is 937 g/mol.